The third-order valence-corrected chi connectivity index (χ3v) is 4.70. The number of hydrogen-bond acceptors (Lipinski definition) is 4. The number of nitrogens with one attached hydrogen (secondary N) is 2. The van der Waals surface area contributed by atoms with E-state index >= 15 is 0 Å². The minimum absolute atomic E-state index is 0.0821. The van der Waals surface area contributed by atoms with Gasteiger partial charge in [0.1, 0.15) is 0 Å². The maximum atomic E-state index is 12.6. The van der Waals surface area contributed by atoms with Gasteiger partial charge in [0.2, 0.25) is 5.91 Å². The van der Waals surface area contributed by atoms with E-state index in [-0.39, 0.29) is 23.8 Å². The molecule has 0 aromatic heterocycles. The van der Waals surface area contributed by atoms with Gasteiger partial charge in [-0.2, -0.15) is 0 Å². The summed E-state index contributed by atoms with van der Waals surface area (Å²) in [6, 6.07) is 12.5. The molecule has 6 heteroatoms. The zero-order valence-electron chi connectivity index (χ0n) is 16.5. The van der Waals surface area contributed by atoms with Gasteiger partial charge in [0, 0.05) is 17.2 Å². The van der Waals surface area contributed by atoms with Gasteiger partial charge in [-0.15, -0.1) is 0 Å². The molecule has 3 rings (SSSR count). The molecule has 148 valence electrons. The van der Waals surface area contributed by atoms with Crippen molar-refractivity contribution in [1.82, 2.24) is 5.32 Å². The van der Waals surface area contributed by atoms with Crippen LogP contribution in [0.3, 0.4) is 0 Å². The van der Waals surface area contributed by atoms with Gasteiger partial charge in [0.15, 0.2) is 11.5 Å². The van der Waals surface area contributed by atoms with Crippen molar-refractivity contribution in [1.29, 1.82) is 0 Å². The molecule has 0 spiro atoms. The first-order valence-corrected chi connectivity index (χ1v) is 9.54. The van der Waals surface area contributed by atoms with E-state index in [0.717, 1.165) is 24.1 Å². The van der Waals surface area contributed by atoms with Crippen molar-refractivity contribution in [2.24, 2.45) is 5.92 Å². The van der Waals surface area contributed by atoms with E-state index in [9.17, 15) is 9.59 Å². The third kappa shape index (κ3) is 4.82. The molecule has 2 aromatic carbocycles. The first-order valence-electron chi connectivity index (χ1n) is 9.54. The number of anilines is 1. The Bertz CT molecular complexity index is 844. The highest BCUT2D eigenvalue weighted by Crippen LogP contribution is 2.30. The molecule has 1 aliphatic carbocycles. The Hall–Kier alpha value is -3.02. The molecule has 6 nitrogen and oxygen atoms in total. The van der Waals surface area contributed by atoms with E-state index in [0.29, 0.717) is 23.7 Å². The van der Waals surface area contributed by atoms with Gasteiger partial charge in [-0.05, 0) is 62.6 Å². The van der Waals surface area contributed by atoms with Gasteiger partial charge >= 0.3 is 0 Å². The first kappa shape index (κ1) is 19.7. The molecular weight excluding hydrogens is 356 g/mol. The van der Waals surface area contributed by atoms with Crippen LogP contribution in [0.25, 0.3) is 0 Å². The lowest BCUT2D eigenvalue weighted by Gasteiger charge is -2.16. The Balaban J connectivity index is 1.63. The lowest BCUT2D eigenvalue weighted by Crippen LogP contribution is -2.26. The van der Waals surface area contributed by atoms with Crippen molar-refractivity contribution >= 4 is 17.5 Å². The first-order chi connectivity index (χ1) is 13.5. The summed E-state index contributed by atoms with van der Waals surface area (Å²) in [6.07, 6.45) is 1.95. The van der Waals surface area contributed by atoms with Crippen LogP contribution in [0, 0.1) is 5.92 Å². The number of ether oxygens (including phenoxy) is 2. The predicted octanol–water partition coefficient (Wildman–Crippen LogP) is 3.93. The van der Waals surface area contributed by atoms with E-state index in [4.69, 9.17) is 9.47 Å². The molecule has 0 heterocycles. The molecular formula is C22H26N2O4. The Morgan fingerprint density at radius 3 is 2.43 bits per heavy atom. The van der Waals surface area contributed by atoms with E-state index < -0.39 is 0 Å². The number of amides is 2. The number of carbonyl (C=O) groups is 2. The van der Waals surface area contributed by atoms with Crippen LogP contribution in [-0.2, 0) is 4.79 Å². The summed E-state index contributed by atoms with van der Waals surface area (Å²) in [7, 11) is 1.57. The van der Waals surface area contributed by atoms with Gasteiger partial charge in [-0.3, -0.25) is 9.59 Å². The molecule has 1 fully saturated rings. The zero-order chi connectivity index (χ0) is 20.1. The van der Waals surface area contributed by atoms with Crippen molar-refractivity contribution in [3.05, 3.63) is 53.6 Å². The maximum Gasteiger partial charge on any atom is 0.251 e. The van der Waals surface area contributed by atoms with Crippen LogP contribution in [-0.4, -0.2) is 25.5 Å². The summed E-state index contributed by atoms with van der Waals surface area (Å²) in [5, 5.41) is 5.90. The summed E-state index contributed by atoms with van der Waals surface area (Å²) >= 11 is 0. The highest BCUT2D eigenvalue weighted by atomic mass is 16.5. The van der Waals surface area contributed by atoms with Gasteiger partial charge in [-0.1, -0.05) is 12.1 Å². The number of benzene rings is 2. The van der Waals surface area contributed by atoms with Crippen LogP contribution in [0.5, 0.6) is 11.5 Å². The minimum Gasteiger partial charge on any atom is -0.493 e. The summed E-state index contributed by atoms with van der Waals surface area (Å²) in [4.78, 5) is 24.4. The van der Waals surface area contributed by atoms with E-state index in [2.05, 4.69) is 10.6 Å². The second kappa shape index (κ2) is 8.78. The van der Waals surface area contributed by atoms with Crippen LogP contribution in [0.1, 0.15) is 48.7 Å². The lowest BCUT2D eigenvalue weighted by atomic mass is 10.1. The molecule has 1 unspecified atom stereocenters. The second-order valence-corrected chi connectivity index (χ2v) is 6.88. The van der Waals surface area contributed by atoms with Gasteiger partial charge < -0.3 is 20.1 Å². The summed E-state index contributed by atoms with van der Waals surface area (Å²) < 4.78 is 10.8. The van der Waals surface area contributed by atoms with E-state index in [1.807, 2.05) is 38.1 Å². The fourth-order valence-corrected chi connectivity index (χ4v) is 2.89. The Morgan fingerprint density at radius 2 is 1.82 bits per heavy atom. The summed E-state index contributed by atoms with van der Waals surface area (Å²) in [5.41, 5.74) is 2.23. The highest BCUT2D eigenvalue weighted by molar-refractivity contribution is 5.95. The van der Waals surface area contributed by atoms with Crippen molar-refractivity contribution in [2.45, 2.75) is 32.7 Å². The Morgan fingerprint density at radius 1 is 1.11 bits per heavy atom. The highest BCUT2D eigenvalue weighted by Gasteiger charge is 2.29. The predicted molar refractivity (Wildman–Crippen MR) is 108 cm³/mol. The largest absolute Gasteiger partial charge is 0.493 e. The van der Waals surface area contributed by atoms with Crippen molar-refractivity contribution in [2.75, 3.05) is 19.0 Å². The average Bonchev–Trinajstić information content (AvgIpc) is 3.54. The maximum absolute atomic E-state index is 12.6. The molecule has 1 atom stereocenters. The van der Waals surface area contributed by atoms with Crippen LogP contribution >= 0.6 is 0 Å². The number of methoxy groups -OCH3 is 1. The van der Waals surface area contributed by atoms with Crippen LogP contribution in [0.4, 0.5) is 5.69 Å². The SMILES string of the molecule is CCOc1cc(C(=O)NC(C)c2ccc(NC(=O)C3CC3)cc2)ccc1OC. The molecule has 1 aliphatic rings. The van der Waals surface area contributed by atoms with E-state index in [1.165, 1.54) is 0 Å². The molecule has 2 amide bonds. The monoisotopic (exact) mass is 382 g/mol. The second-order valence-electron chi connectivity index (χ2n) is 6.88. The molecule has 28 heavy (non-hydrogen) atoms. The Labute approximate surface area is 165 Å². The Kier molecular flexibility index (Phi) is 6.19. The molecule has 1 saturated carbocycles. The van der Waals surface area contributed by atoms with Gasteiger partial charge in [0.05, 0.1) is 19.8 Å². The lowest BCUT2D eigenvalue weighted by molar-refractivity contribution is -0.117. The minimum atomic E-state index is -0.192. The molecule has 0 saturated heterocycles. The number of rotatable bonds is 8. The van der Waals surface area contributed by atoms with Crippen LogP contribution < -0.4 is 20.1 Å². The summed E-state index contributed by atoms with van der Waals surface area (Å²) in [6.45, 7) is 4.29. The molecule has 2 N–H and O–H groups in total. The van der Waals surface area contributed by atoms with Crippen molar-refractivity contribution < 1.29 is 19.1 Å². The topological polar surface area (TPSA) is 76.7 Å². The number of carbonyl (C=O) groups excluding carboxylic acids is 2. The fourth-order valence-electron chi connectivity index (χ4n) is 2.89. The van der Waals surface area contributed by atoms with E-state index in [1.54, 1.807) is 25.3 Å². The summed E-state index contributed by atoms with van der Waals surface area (Å²) in [5.74, 6) is 1.20. The standard InChI is InChI=1S/C22H26N2O4/c1-4-28-20-13-17(9-12-19(20)27-3)22(26)23-14(2)15-7-10-18(11-8-15)24-21(25)16-5-6-16/h7-14,16H,4-6H2,1-3H3,(H,23,26)(H,24,25). The van der Waals surface area contributed by atoms with Crippen LogP contribution in [0.15, 0.2) is 42.5 Å². The molecule has 0 radical (unpaired) electrons. The molecule has 0 bridgehead atoms. The van der Waals surface area contributed by atoms with Gasteiger partial charge in [-0.25, -0.2) is 0 Å². The van der Waals surface area contributed by atoms with Crippen molar-refractivity contribution in [3.8, 4) is 11.5 Å². The average molecular weight is 382 g/mol. The van der Waals surface area contributed by atoms with Gasteiger partial charge in [0.25, 0.3) is 5.91 Å². The molecule has 2 aromatic rings. The zero-order valence-corrected chi connectivity index (χ0v) is 16.5. The fraction of sp³-hybridized carbons (Fsp3) is 0.364. The van der Waals surface area contributed by atoms with Crippen LogP contribution in [0.2, 0.25) is 0 Å². The van der Waals surface area contributed by atoms with Crippen molar-refractivity contribution in [3.63, 3.8) is 0 Å². The molecule has 0 aliphatic heterocycles. The third-order valence-electron chi connectivity index (χ3n) is 4.70. The normalized spacial score (nSPS) is 14.1. The smallest absolute Gasteiger partial charge is 0.251 e. The number of hydrogen-bond donors (Lipinski definition) is 2. The quantitative estimate of drug-likeness (QED) is 0.725.